The number of hydrogen-bond donors (Lipinski definition) is 3. The number of aromatic hydroxyl groups is 1. The van der Waals surface area contributed by atoms with Crippen molar-refractivity contribution < 1.29 is 9.90 Å². The Balaban J connectivity index is 2.03. The molecule has 4 heteroatoms. The predicted molar refractivity (Wildman–Crippen MR) is 70.1 cm³/mol. The van der Waals surface area contributed by atoms with Gasteiger partial charge in [-0.25, -0.2) is 0 Å². The molecule has 1 unspecified atom stereocenters. The lowest BCUT2D eigenvalue weighted by molar-refractivity contribution is -0.126. The minimum atomic E-state index is -0.703. The summed E-state index contributed by atoms with van der Waals surface area (Å²) in [6, 6.07) is 6.76. The van der Waals surface area contributed by atoms with Crippen molar-refractivity contribution in [3.05, 3.63) is 29.8 Å². The van der Waals surface area contributed by atoms with Gasteiger partial charge in [0.2, 0.25) is 5.91 Å². The van der Waals surface area contributed by atoms with Crippen LogP contribution in [0.5, 0.6) is 5.75 Å². The first-order valence-electron chi connectivity index (χ1n) is 6.40. The molecule has 1 atom stereocenters. The van der Waals surface area contributed by atoms with Crippen LogP contribution in [0.1, 0.15) is 44.2 Å². The number of rotatable bonds is 3. The maximum absolute atomic E-state index is 12.1. The van der Waals surface area contributed by atoms with Gasteiger partial charge in [0, 0.05) is 0 Å². The van der Waals surface area contributed by atoms with Crippen LogP contribution in [0.15, 0.2) is 24.3 Å². The Morgan fingerprint density at radius 2 is 2.11 bits per heavy atom. The molecule has 0 saturated heterocycles. The average Bonchev–Trinajstić information content (AvgIpc) is 2.77. The molecule has 0 bridgehead atoms. The van der Waals surface area contributed by atoms with E-state index in [0.717, 1.165) is 31.2 Å². The smallest absolute Gasteiger partial charge is 0.240 e. The summed E-state index contributed by atoms with van der Waals surface area (Å²) in [7, 11) is 0. The van der Waals surface area contributed by atoms with Crippen LogP contribution in [0.3, 0.4) is 0 Å². The van der Waals surface area contributed by atoms with Gasteiger partial charge in [0.25, 0.3) is 0 Å². The Bertz CT molecular complexity index is 439. The van der Waals surface area contributed by atoms with Gasteiger partial charge in [-0.1, -0.05) is 25.0 Å². The predicted octanol–water partition coefficient (Wildman–Crippen LogP) is 1.84. The van der Waals surface area contributed by atoms with Gasteiger partial charge >= 0.3 is 0 Å². The molecule has 0 heterocycles. The molecule has 0 radical (unpaired) electrons. The topological polar surface area (TPSA) is 75.4 Å². The van der Waals surface area contributed by atoms with Crippen molar-refractivity contribution in [3.63, 3.8) is 0 Å². The van der Waals surface area contributed by atoms with Gasteiger partial charge in [-0.2, -0.15) is 0 Å². The maximum Gasteiger partial charge on any atom is 0.240 e. The number of nitrogens with one attached hydrogen (secondary N) is 1. The molecular formula is C14H20N2O2. The van der Waals surface area contributed by atoms with Crippen molar-refractivity contribution in [2.75, 3.05) is 0 Å². The lowest BCUT2D eigenvalue weighted by Crippen LogP contribution is -2.52. The molecule has 18 heavy (non-hydrogen) atoms. The van der Waals surface area contributed by atoms with Gasteiger partial charge in [0.1, 0.15) is 5.75 Å². The highest BCUT2D eigenvalue weighted by atomic mass is 16.3. The third kappa shape index (κ3) is 2.64. The monoisotopic (exact) mass is 248 g/mol. The normalized spacial score (nSPS) is 19.4. The van der Waals surface area contributed by atoms with Crippen LogP contribution >= 0.6 is 0 Å². The van der Waals surface area contributed by atoms with E-state index in [1.54, 1.807) is 18.2 Å². The molecule has 0 spiro atoms. The van der Waals surface area contributed by atoms with Gasteiger partial charge in [-0.3, -0.25) is 4.79 Å². The van der Waals surface area contributed by atoms with Crippen molar-refractivity contribution in [2.24, 2.45) is 5.73 Å². The van der Waals surface area contributed by atoms with E-state index < -0.39 is 5.54 Å². The van der Waals surface area contributed by atoms with Gasteiger partial charge in [-0.05, 0) is 37.5 Å². The summed E-state index contributed by atoms with van der Waals surface area (Å²) in [4.78, 5) is 12.1. The van der Waals surface area contributed by atoms with Crippen LogP contribution in [-0.4, -0.2) is 16.6 Å². The number of phenols is 1. The summed E-state index contributed by atoms with van der Waals surface area (Å²) in [5.41, 5.74) is 6.27. The molecule has 4 nitrogen and oxygen atoms in total. The largest absolute Gasteiger partial charge is 0.508 e. The third-order valence-electron chi connectivity index (χ3n) is 3.67. The molecule has 1 aromatic carbocycles. The van der Waals surface area contributed by atoms with E-state index in [2.05, 4.69) is 5.32 Å². The Morgan fingerprint density at radius 1 is 1.44 bits per heavy atom. The zero-order valence-electron chi connectivity index (χ0n) is 10.6. The first kappa shape index (κ1) is 12.9. The van der Waals surface area contributed by atoms with Crippen LogP contribution in [0.2, 0.25) is 0 Å². The number of benzene rings is 1. The summed E-state index contributed by atoms with van der Waals surface area (Å²) >= 11 is 0. The summed E-state index contributed by atoms with van der Waals surface area (Å²) in [6.07, 6.45) is 3.55. The maximum atomic E-state index is 12.1. The number of carbonyl (C=O) groups excluding carboxylic acids is 1. The van der Waals surface area contributed by atoms with E-state index in [1.807, 2.05) is 13.0 Å². The van der Waals surface area contributed by atoms with Gasteiger partial charge in [0.15, 0.2) is 0 Å². The number of hydrogen-bond acceptors (Lipinski definition) is 3. The second-order valence-electron chi connectivity index (χ2n) is 5.15. The molecule has 0 aliphatic heterocycles. The summed E-state index contributed by atoms with van der Waals surface area (Å²) < 4.78 is 0. The van der Waals surface area contributed by atoms with Crippen LogP contribution in [0.4, 0.5) is 0 Å². The standard InChI is InChI=1S/C14H20N2O2/c1-10(11-5-4-6-12(17)9-11)16-13(18)14(15)7-2-3-8-14/h4-6,9-10,17H,2-3,7-8,15H2,1H3,(H,16,18). The zero-order chi connectivity index (χ0) is 13.2. The fourth-order valence-electron chi connectivity index (χ4n) is 2.45. The molecule has 1 amide bonds. The van der Waals surface area contributed by atoms with E-state index in [-0.39, 0.29) is 17.7 Å². The van der Waals surface area contributed by atoms with E-state index in [4.69, 9.17) is 5.73 Å². The molecule has 1 aliphatic rings. The molecule has 1 aliphatic carbocycles. The zero-order valence-corrected chi connectivity index (χ0v) is 10.6. The first-order chi connectivity index (χ1) is 8.51. The molecular weight excluding hydrogens is 228 g/mol. The molecule has 4 N–H and O–H groups in total. The molecule has 1 saturated carbocycles. The summed E-state index contributed by atoms with van der Waals surface area (Å²) in [6.45, 7) is 1.89. The van der Waals surface area contributed by atoms with E-state index in [1.165, 1.54) is 0 Å². The fourth-order valence-corrected chi connectivity index (χ4v) is 2.45. The summed E-state index contributed by atoms with van der Waals surface area (Å²) in [5.74, 6) is 0.118. The minimum absolute atomic E-state index is 0.0872. The Hall–Kier alpha value is -1.55. The molecule has 2 rings (SSSR count). The second kappa shape index (κ2) is 4.98. The van der Waals surface area contributed by atoms with Crippen LogP contribution in [-0.2, 0) is 4.79 Å². The highest BCUT2D eigenvalue weighted by molar-refractivity contribution is 5.86. The van der Waals surface area contributed by atoms with Crippen LogP contribution in [0.25, 0.3) is 0 Å². The highest BCUT2D eigenvalue weighted by Gasteiger charge is 2.37. The number of phenolic OH excluding ortho intramolecular Hbond substituents is 1. The highest BCUT2D eigenvalue weighted by Crippen LogP contribution is 2.28. The van der Waals surface area contributed by atoms with Crippen molar-refractivity contribution in [2.45, 2.75) is 44.2 Å². The van der Waals surface area contributed by atoms with Gasteiger partial charge in [-0.15, -0.1) is 0 Å². The second-order valence-corrected chi connectivity index (χ2v) is 5.15. The Kier molecular flexibility index (Phi) is 3.57. The minimum Gasteiger partial charge on any atom is -0.508 e. The van der Waals surface area contributed by atoms with Gasteiger partial charge < -0.3 is 16.2 Å². The van der Waals surface area contributed by atoms with E-state index in [9.17, 15) is 9.90 Å². The van der Waals surface area contributed by atoms with E-state index in [0.29, 0.717) is 0 Å². The van der Waals surface area contributed by atoms with Crippen molar-refractivity contribution in [1.82, 2.24) is 5.32 Å². The molecule has 0 aromatic heterocycles. The van der Waals surface area contributed by atoms with Gasteiger partial charge in [0.05, 0.1) is 11.6 Å². The van der Waals surface area contributed by atoms with Crippen molar-refractivity contribution in [1.29, 1.82) is 0 Å². The fraction of sp³-hybridized carbons (Fsp3) is 0.500. The SMILES string of the molecule is CC(NC(=O)C1(N)CCCC1)c1cccc(O)c1. The number of carbonyl (C=O) groups is 1. The lowest BCUT2D eigenvalue weighted by atomic mass is 9.97. The van der Waals surface area contributed by atoms with Crippen molar-refractivity contribution >= 4 is 5.91 Å². The van der Waals surface area contributed by atoms with Crippen LogP contribution < -0.4 is 11.1 Å². The third-order valence-corrected chi connectivity index (χ3v) is 3.67. The number of amides is 1. The van der Waals surface area contributed by atoms with E-state index >= 15 is 0 Å². The first-order valence-corrected chi connectivity index (χ1v) is 6.40. The van der Waals surface area contributed by atoms with Crippen molar-refractivity contribution in [3.8, 4) is 5.75 Å². The van der Waals surface area contributed by atoms with Crippen LogP contribution in [0, 0.1) is 0 Å². The molecule has 1 aromatic rings. The molecule has 1 fully saturated rings. The Labute approximate surface area is 107 Å². The molecule has 98 valence electrons. The average molecular weight is 248 g/mol. The summed E-state index contributed by atoms with van der Waals surface area (Å²) in [5, 5.41) is 12.4. The number of nitrogens with two attached hydrogens (primary N) is 1. The lowest BCUT2D eigenvalue weighted by Gasteiger charge is -2.25. The Morgan fingerprint density at radius 3 is 2.72 bits per heavy atom. The quantitative estimate of drug-likeness (QED) is 0.764.